The summed E-state index contributed by atoms with van der Waals surface area (Å²) in [4.78, 5) is 12.1. The van der Waals surface area contributed by atoms with Gasteiger partial charge in [-0.1, -0.05) is 54.6 Å². The Morgan fingerprint density at radius 1 is 0.800 bits per heavy atom. The SMILES string of the molecule is O=C1C=C2c3ccccc3CC2C(c2ccccc2)C1. The molecule has 1 nitrogen and oxygen atoms in total. The maximum atomic E-state index is 12.1. The van der Waals surface area contributed by atoms with Crippen LogP contribution in [0.25, 0.3) is 5.57 Å². The largest absolute Gasteiger partial charge is 0.295 e. The molecule has 2 aromatic rings. The lowest BCUT2D eigenvalue weighted by molar-refractivity contribution is -0.115. The number of allylic oxidation sites excluding steroid dienone is 2. The highest BCUT2D eigenvalue weighted by Crippen LogP contribution is 2.48. The molecule has 0 aliphatic heterocycles. The van der Waals surface area contributed by atoms with Crippen LogP contribution in [0.2, 0.25) is 0 Å². The van der Waals surface area contributed by atoms with Crippen molar-refractivity contribution in [1.29, 1.82) is 0 Å². The molecular weight excluding hydrogens is 244 g/mol. The highest BCUT2D eigenvalue weighted by Gasteiger charge is 2.37. The Hall–Kier alpha value is -2.15. The maximum absolute atomic E-state index is 12.1. The van der Waals surface area contributed by atoms with Crippen molar-refractivity contribution in [3.8, 4) is 0 Å². The van der Waals surface area contributed by atoms with Crippen LogP contribution >= 0.6 is 0 Å². The van der Waals surface area contributed by atoms with Gasteiger partial charge in [0.1, 0.15) is 0 Å². The summed E-state index contributed by atoms with van der Waals surface area (Å²) in [6.45, 7) is 0. The van der Waals surface area contributed by atoms with E-state index in [0.29, 0.717) is 18.3 Å². The average Bonchev–Trinajstić information content (AvgIpc) is 2.86. The first-order valence-electron chi connectivity index (χ1n) is 7.20. The van der Waals surface area contributed by atoms with E-state index in [1.807, 2.05) is 12.1 Å². The van der Waals surface area contributed by atoms with E-state index in [9.17, 15) is 4.79 Å². The van der Waals surface area contributed by atoms with E-state index in [0.717, 1.165) is 6.42 Å². The Labute approximate surface area is 119 Å². The number of carbonyl (C=O) groups excluding carboxylic acids is 1. The number of fused-ring (bicyclic) bond motifs is 3. The van der Waals surface area contributed by atoms with Crippen molar-refractivity contribution in [1.82, 2.24) is 0 Å². The number of benzene rings is 2. The third-order valence-corrected chi connectivity index (χ3v) is 4.62. The highest BCUT2D eigenvalue weighted by atomic mass is 16.1. The fourth-order valence-corrected chi connectivity index (χ4v) is 3.71. The molecule has 4 rings (SSSR count). The lowest BCUT2D eigenvalue weighted by Gasteiger charge is -2.28. The molecule has 98 valence electrons. The molecule has 0 radical (unpaired) electrons. The van der Waals surface area contributed by atoms with Crippen LogP contribution in [0, 0.1) is 5.92 Å². The van der Waals surface area contributed by atoms with E-state index in [1.165, 1.54) is 22.3 Å². The van der Waals surface area contributed by atoms with Crippen molar-refractivity contribution in [3.05, 3.63) is 77.4 Å². The van der Waals surface area contributed by atoms with E-state index in [4.69, 9.17) is 0 Å². The Bertz CT molecular complexity index is 697. The van der Waals surface area contributed by atoms with Crippen molar-refractivity contribution in [2.24, 2.45) is 5.92 Å². The van der Waals surface area contributed by atoms with Gasteiger partial charge < -0.3 is 0 Å². The van der Waals surface area contributed by atoms with Crippen LogP contribution in [-0.2, 0) is 11.2 Å². The highest BCUT2D eigenvalue weighted by molar-refractivity contribution is 6.01. The van der Waals surface area contributed by atoms with Gasteiger partial charge in [0.15, 0.2) is 5.78 Å². The standard InChI is InChI=1S/C19H16O/c20-15-11-17(13-6-2-1-3-7-13)18-10-14-8-4-5-9-16(14)19(18)12-15/h1-9,12,17-18H,10-11H2. The Balaban J connectivity index is 1.81. The summed E-state index contributed by atoms with van der Waals surface area (Å²) in [5, 5.41) is 0. The van der Waals surface area contributed by atoms with Gasteiger partial charge in [0, 0.05) is 6.42 Å². The van der Waals surface area contributed by atoms with Gasteiger partial charge >= 0.3 is 0 Å². The molecule has 2 aromatic carbocycles. The van der Waals surface area contributed by atoms with E-state index in [-0.39, 0.29) is 5.78 Å². The van der Waals surface area contributed by atoms with Crippen LogP contribution in [0.5, 0.6) is 0 Å². The molecule has 0 spiro atoms. The molecule has 0 fully saturated rings. The molecule has 0 aromatic heterocycles. The van der Waals surface area contributed by atoms with Gasteiger partial charge in [-0.2, -0.15) is 0 Å². The predicted molar refractivity (Wildman–Crippen MR) is 80.4 cm³/mol. The molecule has 0 saturated heterocycles. The van der Waals surface area contributed by atoms with Crippen LogP contribution in [-0.4, -0.2) is 5.78 Å². The molecule has 2 aliphatic rings. The minimum atomic E-state index is 0.266. The van der Waals surface area contributed by atoms with E-state index >= 15 is 0 Å². The van der Waals surface area contributed by atoms with Crippen LogP contribution in [0.4, 0.5) is 0 Å². The van der Waals surface area contributed by atoms with Crippen molar-refractivity contribution in [3.63, 3.8) is 0 Å². The van der Waals surface area contributed by atoms with Crippen LogP contribution in [0.15, 0.2) is 60.7 Å². The Morgan fingerprint density at radius 2 is 1.55 bits per heavy atom. The summed E-state index contributed by atoms with van der Waals surface area (Å²) < 4.78 is 0. The van der Waals surface area contributed by atoms with Crippen molar-refractivity contribution in [2.75, 3.05) is 0 Å². The smallest absolute Gasteiger partial charge is 0.156 e. The van der Waals surface area contributed by atoms with Gasteiger partial charge in [-0.25, -0.2) is 0 Å². The summed E-state index contributed by atoms with van der Waals surface area (Å²) >= 11 is 0. The van der Waals surface area contributed by atoms with E-state index in [2.05, 4.69) is 48.5 Å². The van der Waals surface area contributed by atoms with Crippen molar-refractivity contribution >= 4 is 11.4 Å². The summed E-state index contributed by atoms with van der Waals surface area (Å²) in [5.74, 6) is 1.06. The van der Waals surface area contributed by atoms with Crippen molar-refractivity contribution in [2.45, 2.75) is 18.8 Å². The normalized spacial score (nSPS) is 24.0. The third-order valence-electron chi connectivity index (χ3n) is 4.62. The molecular formula is C19H16O. The van der Waals surface area contributed by atoms with E-state index < -0.39 is 0 Å². The Morgan fingerprint density at radius 3 is 2.40 bits per heavy atom. The fourth-order valence-electron chi connectivity index (χ4n) is 3.71. The van der Waals surface area contributed by atoms with Crippen LogP contribution in [0.3, 0.4) is 0 Å². The van der Waals surface area contributed by atoms with Gasteiger partial charge in [-0.3, -0.25) is 4.79 Å². The molecule has 2 atom stereocenters. The second-order valence-electron chi connectivity index (χ2n) is 5.76. The zero-order valence-electron chi connectivity index (χ0n) is 11.3. The maximum Gasteiger partial charge on any atom is 0.156 e. The second-order valence-corrected chi connectivity index (χ2v) is 5.76. The quantitative estimate of drug-likeness (QED) is 0.757. The monoisotopic (exact) mass is 260 g/mol. The van der Waals surface area contributed by atoms with Gasteiger partial charge in [0.2, 0.25) is 0 Å². The number of hydrogen-bond acceptors (Lipinski definition) is 1. The minimum Gasteiger partial charge on any atom is -0.295 e. The average molecular weight is 260 g/mol. The van der Waals surface area contributed by atoms with Crippen molar-refractivity contribution < 1.29 is 4.79 Å². The predicted octanol–water partition coefficient (Wildman–Crippen LogP) is 4.00. The van der Waals surface area contributed by atoms with Gasteiger partial charge in [-0.15, -0.1) is 0 Å². The number of ketones is 1. The summed E-state index contributed by atoms with van der Waals surface area (Å²) in [5.41, 5.74) is 5.22. The number of carbonyl (C=O) groups is 1. The molecule has 0 saturated carbocycles. The first-order valence-corrected chi connectivity index (χ1v) is 7.20. The molecule has 1 heteroatoms. The molecule has 2 aliphatic carbocycles. The zero-order valence-corrected chi connectivity index (χ0v) is 11.3. The first-order chi connectivity index (χ1) is 9.83. The molecule has 0 N–H and O–H groups in total. The third kappa shape index (κ3) is 1.74. The number of rotatable bonds is 1. The van der Waals surface area contributed by atoms with E-state index in [1.54, 1.807) is 0 Å². The van der Waals surface area contributed by atoms with Crippen LogP contribution < -0.4 is 0 Å². The molecule has 0 heterocycles. The zero-order chi connectivity index (χ0) is 13.5. The fraction of sp³-hybridized carbons (Fsp3) is 0.211. The molecule has 20 heavy (non-hydrogen) atoms. The van der Waals surface area contributed by atoms with Crippen LogP contribution in [0.1, 0.15) is 29.0 Å². The minimum absolute atomic E-state index is 0.266. The van der Waals surface area contributed by atoms with Gasteiger partial charge in [-0.05, 0) is 46.6 Å². The number of hydrogen-bond donors (Lipinski definition) is 0. The molecule has 2 unspecified atom stereocenters. The second kappa shape index (κ2) is 4.45. The lowest BCUT2D eigenvalue weighted by atomic mass is 9.75. The summed E-state index contributed by atoms with van der Waals surface area (Å²) in [7, 11) is 0. The topological polar surface area (TPSA) is 17.1 Å². The lowest BCUT2D eigenvalue weighted by Crippen LogP contribution is -2.21. The molecule has 0 amide bonds. The van der Waals surface area contributed by atoms with Gasteiger partial charge in [0.25, 0.3) is 0 Å². The summed E-state index contributed by atoms with van der Waals surface area (Å²) in [6.07, 6.45) is 3.59. The molecule has 0 bridgehead atoms. The van der Waals surface area contributed by atoms with Gasteiger partial charge in [0.05, 0.1) is 0 Å². The first kappa shape index (κ1) is 11.7. The Kier molecular flexibility index (Phi) is 2.59. The summed E-state index contributed by atoms with van der Waals surface area (Å²) in [6, 6.07) is 19.0.